The first-order chi connectivity index (χ1) is 8.58. The molecule has 0 aliphatic heterocycles. The lowest BCUT2D eigenvalue weighted by molar-refractivity contribution is -0.138. The lowest BCUT2D eigenvalue weighted by Crippen LogP contribution is -2.18. The number of tetrazole rings is 1. The van der Waals surface area contributed by atoms with Crippen LogP contribution in [-0.4, -0.2) is 31.3 Å². The summed E-state index contributed by atoms with van der Waals surface area (Å²) in [6.07, 6.45) is 3.74. The summed E-state index contributed by atoms with van der Waals surface area (Å²) in [4.78, 5) is 10.7. The molecule has 1 fully saturated rings. The van der Waals surface area contributed by atoms with Crippen LogP contribution in [0, 0.1) is 11.8 Å². The van der Waals surface area contributed by atoms with Crippen molar-refractivity contribution in [2.45, 2.75) is 52.0 Å². The van der Waals surface area contributed by atoms with Crippen LogP contribution in [0.2, 0.25) is 0 Å². The molecule has 1 aliphatic rings. The minimum atomic E-state index is -0.772. The second-order valence-corrected chi connectivity index (χ2v) is 5.44. The normalized spacial score (nSPS) is 25.2. The summed E-state index contributed by atoms with van der Waals surface area (Å²) in [5.41, 5.74) is 0. The van der Waals surface area contributed by atoms with Crippen molar-refractivity contribution in [2.75, 3.05) is 0 Å². The van der Waals surface area contributed by atoms with Crippen LogP contribution < -0.4 is 0 Å². The minimum absolute atomic E-state index is 0.0430. The highest BCUT2D eigenvalue weighted by atomic mass is 16.4. The maximum Gasteiger partial charge on any atom is 0.303 e. The van der Waals surface area contributed by atoms with Gasteiger partial charge in [0.25, 0.3) is 0 Å². The first-order valence-electron chi connectivity index (χ1n) is 6.55. The van der Waals surface area contributed by atoms with Gasteiger partial charge in [-0.25, -0.2) is 4.68 Å². The lowest BCUT2D eigenvalue weighted by atomic mass is 9.97. The van der Waals surface area contributed by atoms with Gasteiger partial charge in [-0.05, 0) is 35.1 Å². The number of aliphatic carboxylic acids is 1. The van der Waals surface area contributed by atoms with Crippen LogP contribution in [0.5, 0.6) is 0 Å². The molecule has 0 aromatic carbocycles. The van der Waals surface area contributed by atoms with E-state index < -0.39 is 5.97 Å². The van der Waals surface area contributed by atoms with E-state index in [2.05, 4.69) is 22.4 Å². The van der Waals surface area contributed by atoms with Gasteiger partial charge in [0, 0.05) is 18.9 Å². The number of carboxylic acid groups (broad SMARTS) is 1. The molecule has 1 aromatic heterocycles. The Labute approximate surface area is 106 Å². The predicted octanol–water partition coefficient (Wildman–Crippen LogP) is 1.69. The Morgan fingerprint density at radius 3 is 2.94 bits per heavy atom. The largest absolute Gasteiger partial charge is 0.481 e. The molecule has 0 saturated heterocycles. The number of carbonyl (C=O) groups is 1. The number of nitrogens with zero attached hydrogens (tertiary/aromatic N) is 4. The second kappa shape index (κ2) is 5.46. The second-order valence-electron chi connectivity index (χ2n) is 5.44. The molecule has 0 bridgehead atoms. The van der Waals surface area contributed by atoms with E-state index in [-0.39, 0.29) is 12.3 Å². The molecule has 6 nitrogen and oxygen atoms in total. The molecule has 0 radical (unpaired) electrons. The summed E-state index contributed by atoms with van der Waals surface area (Å²) in [6, 6.07) is 0. The SMILES string of the molecule is CC(CC(=O)O)Cn1nnnc1C1CCCC1C. The van der Waals surface area contributed by atoms with Crippen LogP contribution in [0.15, 0.2) is 0 Å². The highest BCUT2D eigenvalue weighted by molar-refractivity contribution is 5.66. The van der Waals surface area contributed by atoms with Gasteiger partial charge in [0.15, 0.2) is 5.82 Å². The van der Waals surface area contributed by atoms with Gasteiger partial charge < -0.3 is 5.11 Å². The van der Waals surface area contributed by atoms with Crippen molar-refractivity contribution >= 4 is 5.97 Å². The van der Waals surface area contributed by atoms with Crippen LogP contribution in [0.1, 0.15) is 51.3 Å². The molecule has 100 valence electrons. The summed E-state index contributed by atoms with van der Waals surface area (Å²) in [5, 5.41) is 20.7. The van der Waals surface area contributed by atoms with Crippen molar-refractivity contribution < 1.29 is 9.90 Å². The molecule has 1 saturated carbocycles. The number of carboxylic acids is 1. The maximum atomic E-state index is 10.7. The molecular formula is C12H20N4O2. The Kier molecular flexibility index (Phi) is 3.93. The van der Waals surface area contributed by atoms with E-state index in [0.717, 1.165) is 12.2 Å². The molecule has 3 unspecified atom stereocenters. The molecule has 1 aliphatic carbocycles. The molecule has 0 spiro atoms. The van der Waals surface area contributed by atoms with E-state index in [1.54, 1.807) is 4.68 Å². The Morgan fingerprint density at radius 2 is 2.33 bits per heavy atom. The van der Waals surface area contributed by atoms with Gasteiger partial charge in [-0.15, -0.1) is 5.10 Å². The molecule has 0 amide bonds. The monoisotopic (exact) mass is 252 g/mol. The van der Waals surface area contributed by atoms with E-state index in [4.69, 9.17) is 5.11 Å². The smallest absolute Gasteiger partial charge is 0.303 e. The standard InChI is InChI=1S/C12H20N4O2/c1-8(6-11(17)18)7-16-12(13-14-15-16)10-5-3-4-9(10)2/h8-10H,3-7H2,1-2H3,(H,17,18). The van der Waals surface area contributed by atoms with Gasteiger partial charge in [0.05, 0.1) is 0 Å². The van der Waals surface area contributed by atoms with Crippen LogP contribution in [0.3, 0.4) is 0 Å². The van der Waals surface area contributed by atoms with Crippen LogP contribution >= 0.6 is 0 Å². The van der Waals surface area contributed by atoms with Crippen LogP contribution in [-0.2, 0) is 11.3 Å². The van der Waals surface area contributed by atoms with E-state index in [0.29, 0.717) is 18.4 Å². The highest BCUT2D eigenvalue weighted by Crippen LogP contribution is 2.38. The lowest BCUT2D eigenvalue weighted by Gasteiger charge is -2.16. The van der Waals surface area contributed by atoms with Gasteiger partial charge in [-0.1, -0.05) is 20.3 Å². The zero-order valence-corrected chi connectivity index (χ0v) is 10.9. The van der Waals surface area contributed by atoms with Crippen LogP contribution in [0.25, 0.3) is 0 Å². The van der Waals surface area contributed by atoms with Gasteiger partial charge in [0.1, 0.15) is 0 Å². The van der Waals surface area contributed by atoms with Crippen molar-refractivity contribution in [2.24, 2.45) is 11.8 Å². The summed E-state index contributed by atoms with van der Waals surface area (Å²) >= 11 is 0. The third kappa shape index (κ3) is 2.86. The van der Waals surface area contributed by atoms with Crippen molar-refractivity contribution in [3.8, 4) is 0 Å². The quantitative estimate of drug-likeness (QED) is 0.862. The van der Waals surface area contributed by atoms with Gasteiger partial charge in [-0.2, -0.15) is 0 Å². The third-order valence-corrected chi connectivity index (χ3v) is 3.76. The fourth-order valence-electron chi connectivity index (χ4n) is 2.79. The number of aromatic nitrogens is 4. The Bertz CT molecular complexity index is 418. The summed E-state index contributed by atoms with van der Waals surface area (Å²) in [6.45, 7) is 4.73. The predicted molar refractivity (Wildman–Crippen MR) is 65.0 cm³/mol. The van der Waals surface area contributed by atoms with Crippen molar-refractivity contribution in [1.29, 1.82) is 0 Å². The highest BCUT2D eigenvalue weighted by Gasteiger charge is 2.29. The Balaban J connectivity index is 2.05. The molecular weight excluding hydrogens is 232 g/mol. The fraction of sp³-hybridized carbons (Fsp3) is 0.833. The van der Waals surface area contributed by atoms with Crippen molar-refractivity contribution in [3.05, 3.63) is 5.82 Å². The zero-order chi connectivity index (χ0) is 13.1. The molecule has 18 heavy (non-hydrogen) atoms. The van der Waals surface area contributed by atoms with Gasteiger partial charge in [-0.3, -0.25) is 4.79 Å². The zero-order valence-electron chi connectivity index (χ0n) is 10.9. The van der Waals surface area contributed by atoms with Crippen molar-refractivity contribution in [1.82, 2.24) is 20.2 Å². The first kappa shape index (κ1) is 13.0. The third-order valence-electron chi connectivity index (χ3n) is 3.76. The number of hydrogen-bond acceptors (Lipinski definition) is 4. The minimum Gasteiger partial charge on any atom is -0.481 e. The van der Waals surface area contributed by atoms with E-state index in [1.807, 2.05) is 6.92 Å². The number of hydrogen-bond donors (Lipinski definition) is 1. The molecule has 3 atom stereocenters. The average molecular weight is 252 g/mol. The average Bonchev–Trinajstić information content (AvgIpc) is 2.85. The Morgan fingerprint density at radius 1 is 1.56 bits per heavy atom. The number of rotatable bonds is 5. The van der Waals surface area contributed by atoms with Gasteiger partial charge >= 0.3 is 5.97 Å². The fourth-order valence-corrected chi connectivity index (χ4v) is 2.79. The molecule has 1 heterocycles. The maximum absolute atomic E-state index is 10.7. The van der Waals surface area contributed by atoms with Crippen molar-refractivity contribution in [3.63, 3.8) is 0 Å². The summed E-state index contributed by atoms with van der Waals surface area (Å²) < 4.78 is 1.79. The van der Waals surface area contributed by atoms with Gasteiger partial charge in [0.2, 0.25) is 0 Å². The Hall–Kier alpha value is -1.46. The molecule has 1 N–H and O–H groups in total. The summed E-state index contributed by atoms with van der Waals surface area (Å²) in [7, 11) is 0. The van der Waals surface area contributed by atoms with Crippen LogP contribution in [0.4, 0.5) is 0 Å². The first-order valence-corrected chi connectivity index (χ1v) is 6.55. The molecule has 2 rings (SSSR count). The summed E-state index contributed by atoms with van der Waals surface area (Å²) in [5.74, 6) is 1.24. The van der Waals surface area contributed by atoms with E-state index in [1.165, 1.54) is 12.8 Å². The molecule has 6 heteroatoms. The van der Waals surface area contributed by atoms with E-state index >= 15 is 0 Å². The van der Waals surface area contributed by atoms with E-state index in [9.17, 15) is 4.79 Å². The molecule has 1 aromatic rings. The topological polar surface area (TPSA) is 80.9 Å².